The molecule has 6 nitrogen and oxygen atoms in total. The molecule has 0 aromatic heterocycles. The number of hydrogen-bond donors (Lipinski definition) is 1. The molecule has 1 atom stereocenters. The van der Waals surface area contributed by atoms with Gasteiger partial charge < -0.3 is 9.64 Å². The van der Waals surface area contributed by atoms with E-state index in [1.54, 1.807) is 12.1 Å². The Labute approximate surface area is 170 Å². The molecule has 7 heteroatoms. The van der Waals surface area contributed by atoms with Crippen LogP contribution >= 0.6 is 0 Å². The number of rotatable bonds is 12. The van der Waals surface area contributed by atoms with Crippen molar-refractivity contribution in [1.82, 2.24) is 10.2 Å². The number of imide groups is 1. The third kappa shape index (κ3) is 6.54. The topological polar surface area (TPSA) is 75.7 Å². The summed E-state index contributed by atoms with van der Waals surface area (Å²) >= 11 is 0. The second-order valence-electron chi connectivity index (χ2n) is 8.17. The lowest BCUT2D eigenvalue weighted by Gasteiger charge is -2.14. The van der Waals surface area contributed by atoms with Crippen LogP contribution in [0.4, 0.5) is 9.18 Å². The van der Waals surface area contributed by atoms with E-state index < -0.39 is 0 Å². The van der Waals surface area contributed by atoms with Crippen LogP contribution in [0.5, 0.6) is 5.75 Å². The van der Waals surface area contributed by atoms with Crippen molar-refractivity contribution in [1.29, 1.82) is 0 Å². The van der Waals surface area contributed by atoms with Crippen molar-refractivity contribution < 1.29 is 23.5 Å². The standard InChI is InChI=1S/C22H29FN2O4/c1-15(17-8-9-19(23)20(12-17)29-14-16-6-7-16)11-18(26)5-3-2-4-10-25-13-21(27)24-22(25)28/h8-9,12,15-16H,2-7,10-11,13-14H2,1H3,(H,24,27,28)/t15-/m0/s1. The number of ether oxygens (including phenoxy) is 1. The molecule has 3 amide bonds. The molecular weight excluding hydrogens is 375 g/mol. The molecule has 0 spiro atoms. The summed E-state index contributed by atoms with van der Waals surface area (Å²) in [6, 6.07) is 4.52. The fourth-order valence-corrected chi connectivity index (χ4v) is 3.46. The molecule has 0 bridgehead atoms. The number of carbonyl (C=O) groups excluding carboxylic acids is 3. The molecule has 1 aliphatic heterocycles. The molecule has 29 heavy (non-hydrogen) atoms. The number of amides is 3. The van der Waals surface area contributed by atoms with E-state index in [0.29, 0.717) is 31.9 Å². The number of unbranched alkanes of at least 4 members (excludes halogenated alkanes) is 2. The number of benzene rings is 1. The molecule has 2 aliphatic rings. The number of urea groups is 1. The molecule has 3 rings (SSSR count). The lowest BCUT2D eigenvalue weighted by atomic mass is 9.93. The van der Waals surface area contributed by atoms with E-state index in [9.17, 15) is 18.8 Å². The van der Waals surface area contributed by atoms with Crippen molar-refractivity contribution in [2.45, 2.75) is 57.8 Å². The second-order valence-corrected chi connectivity index (χ2v) is 8.17. The van der Waals surface area contributed by atoms with Gasteiger partial charge in [-0.2, -0.15) is 0 Å². The van der Waals surface area contributed by atoms with E-state index in [-0.39, 0.29) is 41.8 Å². The third-order valence-electron chi connectivity index (χ3n) is 5.48. The first-order valence-corrected chi connectivity index (χ1v) is 10.4. The summed E-state index contributed by atoms with van der Waals surface area (Å²) in [6.45, 7) is 3.18. The summed E-state index contributed by atoms with van der Waals surface area (Å²) < 4.78 is 19.5. The van der Waals surface area contributed by atoms with Gasteiger partial charge in [-0.15, -0.1) is 0 Å². The molecule has 158 valence electrons. The van der Waals surface area contributed by atoms with Crippen LogP contribution in [0.2, 0.25) is 0 Å². The largest absolute Gasteiger partial charge is 0.490 e. The Kier molecular flexibility index (Phi) is 7.23. The first-order chi connectivity index (χ1) is 13.9. The molecule has 1 aromatic rings. The molecular formula is C22H29FN2O4. The highest BCUT2D eigenvalue weighted by Gasteiger charge is 2.25. The number of halogens is 1. The maximum absolute atomic E-state index is 13.9. The molecule has 0 radical (unpaired) electrons. The van der Waals surface area contributed by atoms with Gasteiger partial charge >= 0.3 is 6.03 Å². The van der Waals surface area contributed by atoms with Crippen molar-refractivity contribution in [3.8, 4) is 5.75 Å². The Morgan fingerprint density at radius 2 is 2.07 bits per heavy atom. The average Bonchev–Trinajstić information content (AvgIpc) is 3.44. The van der Waals surface area contributed by atoms with E-state index in [2.05, 4.69) is 5.32 Å². The smallest absolute Gasteiger partial charge is 0.324 e. The SMILES string of the molecule is C[C@@H](CC(=O)CCCCCN1CC(=O)NC1=O)c1ccc(F)c(OCC2CC2)c1. The average molecular weight is 404 g/mol. The van der Waals surface area contributed by atoms with E-state index in [0.717, 1.165) is 37.7 Å². The Balaban J connectivity index is 1.35. The molecule has 0 unspecified atom stereocenters. The van der Waals surface area contributed by atoms with E-state index in [1.165, 1.54) is 11.0 Å². The normalized spacial score (nSPS) is 17.4. The van der Waals surface area contributed by atoms with Crippen LogP contribution in [-0.2, 0) is 9.59 Å². The second kappa shape index (κ2) is 9.85. The summed E-state index contributed by atoms with van der Waals surface area (Å²) in [5, 5.41) is 2.25. The first kappa shape index (κ1) is 21.3. The van der Waals surface area contributed by atoms with E-state index >= 15 is 0 Å². The molecule has 1 saturated heterocycles. The van der Waals surface area contributed by atoms with Gasteiger partial charge in [0.25, 0.3) is 0 Å². The van der Waals surface area contributed by atoms with Gasteiger partial charge in [0.05, 0.1) is 6.61 Å². The van der Waals surface area contributed by atoms with Gasteiger partial charge in [-0.1, -0.05) is 19.4 Å². The zero-order valence-electron chi connectivity index (χ0n) is 16.9. The van der Waals surface area contributed by atoms with Crippen LogP contribution in [0.25, 0.3) is 0 Å². The van der Waals surface area contributed by atoms with Gasteiger partial charge in [-0.25, -0.2) is 9.18 Å². The van der Waals surface area contributed by atoms with Crippen molar-refractivity contribution in [3.05, 3.63) is 29.6 Å². The summed E-state index contributed by atoms with van der Waals surface area (Å²) in [5.74, 6) is 0.389. The van der Waals surface area contributed by atoms with Crippen LogP contribution in [0.1, 0.15) is 63.4 Å². The Hall–Kier alpha value is -2.44. The fraction of sp³-hybridized carbons (Fsp3) is 0.591. The van der Waals surface area contributed by atoms with Gasteiger partial charge in [0.15, 0.2) is 11.6 Å². The van der Waals surface area contributed by atoms with Gasteiger partial charge in [0.2, 0.25) is 5.91 Å². The number of hydrogen-bond acceptors (Lipinski definition) is 4. The fourth-order valence-electron chi connectivity index (χ4n) is 3.46. The van der Waals surface area contributed by atoms with Crippen LogP contribution in [0, 0.1) is 11.7 Å². The first-order valence-electron chi connectivity index (χ1n) is 10.4. The quantitative estimate of drug-likeness (QED) is 0.425. The Bertz CT molecular complexity index is 763. The summed E-state index contributed by atoms with van der Waals surface area (Å²) in [4.78, 5) is 36.3. The van der Waals surface area contributed by atoms with Crippen LogP contribution < -0.4 is 10.1 Å². The lowest BCUT2D eigenvalue weighted by molar-refractivity contribution is -0.119. The maximum atomic E-state index is 13.9. The van der Waals surface area contributed by atoms with E-state index in [4.69, 9.17) is 4.74 Å². The van der Waals surface area contributed by atoms with Crippen LogP contribution in [-0.4, -0.2) is 42.3 Å². The number of ketones is 1. The van der Waals surface area contributed by atoms with Crippen molar-refractivity contribution in [2.75, 3.05) is 19.7 Å². The molecule has 1 aliphatic carbocycles. The van der Waals surface area contributed by atoms with Crippen LogP contribution in [0.3, 0.4) is 0 Å². The molecule has 1 aromatic carbocycles. The highest BCUT2D eigenvalue weighted by molar-refractivity contribution is 6.01. The summed E-state index contributed by atoms with van der Waals surface area (Å²) in [6.07, 6.45) is 5.55. The molecule has 2 fully saturated rings. The Morgan fingerprint density at radius 3 is 2.76 bits per heavy atom. The molecule has 1 saturated carbocycles. The summed E-state index contributed by atoms with van der Waals surface area (Å²) in [5.41, 5.74) is 0.912. The monoisotopic (exact) mass is 404 g/mol. The third-order valence-corrected chi connectivity index (χ3v) is 5.48. The number of carbonyl (C=O) groups is 3. The van der Waals surface area contributed by atoms with Crippen molar-refractivity contribution in [3.63, 3.8) is 0 Å². The van der Waals surface area contributed by atoms with Crippen molar-refractivity contribution in [2.24, 2.45) is 5.92 Å². The van der Waals surface area contributed by atoms with Crippen molar-refractivity contribution >= 4 is 17.7 Å². The van der Waals surface area contributed by atoms with Crippen LogP contribution in [0.15, 0.2) is 18.2 Å². The van der Waals surface area contributed by atoms with Gasteiger partial charge in [0.1, 0.15) is 12.3 Å². The van der Waals surface area contributed by atoms with E-state index in [1.807, 2.05) is 6.92 Å². The zero-order chi connectivity index (χ0) is 20.8. The lowest BCUT2D eigenvalue weighted by Crippen LogP contribution is -2.29. The number of nitrogens with one attached hydrogen (secondary N) is 1. The number of nitrogens with zero attached hydrogens (tertiary/aromatic N) is 1. The number of Topliss-reactive ketones (excluding diaryl/α,β-unsaturated/α-hetero) is 1. The maximum Gasteiger partial charge on any atom is 0.324 e. The minimum absolute atomic E-state index is 0.00526. The van der Waals surface area contributed by atoms with Gasteiger partial charge in [0, 0.05) is 19.4 Å². The van der Waals surface area contributed by atoms with Gasteiger partial charge in [-0.3, -0.25) is 14.9 Å². The highest BCUT2D eigenvalue weighted by Crippen LogP contribution is 2.31. The predicted octanol–water partition coefficient (Wildman–Crippen LogP) is 3.79. The minimum Gasteiger partial charge on any atom is -0.490 e. The summed E-state index contributed by atoms with van der Waals surface area (Å²) in [7, 11) is 0. The van der Waals surface area contributed by atoms with Gasteiger partial charge in [-0.05, 0) is 55.2 Å². The zero-order valence-corrected chi connectivity index (χ0v) is 16.9. The predicted molar refractivity (Wildman–Crippen MR) is 106 cm³/mol. The highest BCUT2D eigenvalue weighted by atomic mass is 19.1. The molecule has 1 heterocycles. The Morgan fingerprint density at radius 1 is 1.28 bits per heavy atom. The molecule has 1 N–H and O–H groups in total. The minimum atomic E-state index is -0.360.